The predicted molar refractivity (Wildman–Crippen MR) is 87.8 cm³/mol. The lowest BCUT2D eigenvalue weighted by Gasteiger charge is -2.13. The molecule has 5 nitrogen and oxygen atoms in total. The zero-order chi connectivity index (χ0) is 15.7. The van der Waals surface area contributed by atoms with Crippen LogP contribution in [-0.2, 0) is 6.54 Å². The van der Waals surface area contributed by atoms with Crippen molar-refractivity contribution in [2.24, 2.45) is 0 Å². The van der Waals surface area contributed by atoms with Crippen molar-refractivity contribution in [1.82, 2.24) is 9.88 Å². The normalized spacial score (nSPS) is 11.2. The number of H-pyrrole nitrogens is 1. The van der Waals surface area contributed by atoms with Gasteiger partial charge in [0.2, 0.25) is 0 Å². The molecule has 1 heterocycles. The minimum atomic E-state index is -0.375. The third-order valence-electron chi connectivity index (χ3n) is 3.67. The smallest absolute Gasteiger partial charge is 0.271 e. The van der Waals surface area contributed by atoms with Crippen molar-refractivity contribution in [2.45, 2.75) is 6.54 Å². The number of rotatable bonds is 4. The SMILES string of the molecule is CN(C)Cc1ccccc1-c1c[nH]c2cc([N+](=O)[O-])ccc12. The Morgan fingerprint density at radius 1 is 1.14 bits per heavy atom. The number of nitrogens with one attached hydrogen (secondary N) is 1. The van der Waals surface area contributed by atoms with Crippen LogP contribution in [-0.4, -0.2) is 28.9 Å². The molecule has 5 heteroatoms. The van der Waals surface area contributed by atoms with Gasteiger partial charge in [-0.1, -0.05) is 24.3 Å². The van der Waals surface area contributed by atoms with Crippen LogP contribution in [0.4, 0.5) is 5.69 Å². The molecular formula is C17H17N3O2. The van der Waals surface area contributed by atoms with Crippen LogP contribution in [0, 0.1) is 10.1 Å². The fraction of sp³-hybridized carbons (Fsp3) is 0.176. The van der Waals surface area contributed by atoms with E-state index in [1.54, 1.807) is 12.1 Å². The molecule has 112 valence electrons. The van der Waals surface area contributed by atoms with Gasteiger partial charge in [-0.15, -0.1) is 0 Å². The molecule has 0 spiro atoms. The molecule has 0 aliphatic rings. The van der Waals surface area contributed by atoms with Crippen molar-refractivity contribution in [3.8, 4) is 11.1 Å². The second-order valence-electron chi connectivity index (χ2n) is 5.58. The third-order valence-corrected chi connectivity index (χ3v) is 3.67. The number of aromatic nitrogens is 1. The molecular weight excluding hydrogens is 278 g/mol. The van der Waals surface area contributed by atoms with Crippen LogP contribution in [0.2, 0.25) is 0 Å². The molecule has 0 unspecified atom stereocenters. The molecule has 0 fully saturated rings. The van der Waals surface area contributed by atoms with Gasteiger partial charge >= 0.3 is 0 Å². The average Bonchev–Trinajstić information content (AvgIpc) is 2.90. The highest BCUT2D eigenvalue weighted by Crippen LogP contribution is 2.33. The molecule has 0 radical (unpaired) electrons. The summed E-state index contributed by atoms with van der Waals surface area (Å²) >= 11 is 0. The van der Waals surface area contributed by atoms with Crippen LogP contribution < -0.4 is 0 Å². The maximum absolute atomic E-state index is 10.9. The maximum Gasteiger partial charge on any atom is 0.271 e. The Kier molecular flexibility index (Phi) is 3.65. The van der Waals surface area contributed by atoms with Crippen molar-refractivity contribution in [1.29, 1.82) is 0 Å². The second-order valence-corrected chi connectivity index (χ2v) is 5.58. The molecule has 1 N–H and O–H groups in total. The number of benzene rings is 2. The summed E-state index contributed by atoms with van der Waals surface area (Å²) in [7, 11) is 4.07. The van der Waals surface area contributed by atoms with Crippen molar-refractivity contribution in [2.75, 3.05) is 14.1 Å². The summed E-state index contributed by atoms with van der Waals surface area (Å²) in [6.45, 7) is 0.843. The summed E-state index contributed by atoms with van der Waals surface area (Å²) in [6.07, 6.45) is 1.92. The van der Waals surface area contributed by atoms with E-state index in [1.807, 2.05) is 38.5 Å². The van der Waals surface area contributed by atoms with E-state index in [4.69, 9.17) is 0 Å². The van der Waals surface area contributed by atoms with Gasteiger partial charge < -0.3 is 9.88 Å². The third kappa shape index (κ3) is 2.58. The molecule has 0 aliphatic heterocycles. The Morgan fingerprint density at radius 3 is 2.64 bits per heavy atom. The van der Waals surface area contributed by atoms with Crippen LogP contribution >= 0.6 is 0 Å². The molecule has 0 amide bonds. The van der Waals surface area contributed by atoms with E-state index in [1.165, 1.54) is 5.56 Å². The van der Waals surface area contributed by atoms with Gasteiger partial charge in [0.25, 0.3) is 5.69 Å². The largest absolute Gasteiger partial charge is 0.360 e. The fourth-order valence-corrected chi connectivity index (χ4v) is 2.71. The van der Waals surface area contributed by atoms with Gasteiger partial charge in [0.1, 0.15) is 0 Å². The summed E-state index contributed by atoms with van der Waals surface area (Å²) in [6, 6.07) is 13.2. The summed E-state index contributed by atoms with van der Waals surface area (Å²) in [4.78, 5) is 15.8. The van der Waals surface area contributed by atoms with Gasteiger partial charge in [-0.25, -0.2) is 0 Å². The van der Waals surface area contributed by atoms with Gasteiger partial charge in [0.05, 0.1) is 10.4 Å². The number of hydrogen-bond donors (Lipinski definition) is 1. The first kappa shape index (κ1) is 14.3. The summed E-state index contributed by atoms with van der Waals surface area (Å²) < 4.78 is 0. The van der Waals surface area contributed by atoms with Crippen molar-refractivity contribution in [3.63, 3.8) is 0 Å². The number of nitrogens with zero attached hydrogens (tertiary/aromatic N) is 2. The van der Waals surface area contributed by atoms with Gasteiger partial charge in [0, 0.05) is 35.8 Å². The lowest BCUT2D eigenvalue weighted by Crippen LogP contribution is -2.11. The lowest BCUT2D eigenvalue weighted by atomic mass is 9.99. The maximum atomic E-state index is 10.9. The fourth-order valence-electron chi connectivity index (χ4n) is 2.71. The van der Waals surface area contributed by atoms with Crippen LogP contribution in [0.25, 0.3) is 22.0 Å². The Morgan fingerprint density at radius 2 is 1.91 bits per heavy atom. The standard InChI is InChI=1S/C17H17N3O2/c1-19(2)11-12-5-3-4-6-14(12)16-10-18-17-9-13(20(21)22)7-8-15(16)17/h3-10,18H,11H2,1-2H3. The second kappa shape index (κ2) is 5.61. The van der Waals surface area contributed by atoms with E-state index in [0.29, 0.717) is 0 Å². The Hall–Kier alpha value is -2.66. The first-order valence-corrected chi connectivity index (χ1v) is 7.05. The van der Waals surface area contributed by atoms with Gasteiger partial charge in [-0.3, -0.25) is 10.1 Å². The molecule has 0 saturated heterocycles. The molecule has 0 aliphatic carbocycles. The van der Waals surface area contributed by atoms with E-state index >= 15 is 0 Å². The van der Waals surface area contributed by atoms with Crippen LogP contribution in [0.3, 0.4) is 0 Å². The van der Waals surface area contributed by atoms with E-state index in [2.05, 4.69) is 22.0 Å². The zero-order valence-electron chi connectivity index (χ0n) is 12.5. The molecule has 3 rings (SSSR count). The molecule has 22 heavy (non-hydrogen) atoms. The zero-order valence-corrected chi connectivity index (χ0v) is 12.5. The summed E-state index contributed by atoms with van der Waals surface area (Å²) in [5.74, 6) is 0. The lowest BCUT2D eigenvalue weighted by molar-refractivity contribution is -0.384. The van der Waals surface area contributed by atoms with E-state index in [9.17, 15) is 10.1 Å². The highest BCUT2D eigenvalue weighted by atomic mass is 16.6. The molecule has 3 aromatic rings. The first-order chi connectivity index (χ1) is 10.6. The number of nitro groups is 1. The van der Waals surface area contributed by atoms with Crippen molar-refractivity contribution in [3.05, 3.63) is 64.3 Å². The minimum absolute atomic E-state index is 0.0995. The van der Waals surface area contributed by atoms with Gasteiger partial charge in [-0.2, -0.15) is 0 Å². The van der Waals surface area contributed by atoms with Crippen molar-refractivity contribution < 1.29 is 4.92 Å². The quantitative estimate of drug-likeness (QED) is 0.588. The number of hydrogen-bond acceptors (Lipinski definition) is 3. The number of nitro benzene ring substituents is 1. The van der Waals surface area contributed by atoms with Crippen molar-refractivity contribution >= 4 is 16.6 Å². The molecule has 0 saturated carbocycles. The molecule has 1 aromatic heterocycles. The first-order valence-electron chi connectivity index (χ1n) is 7.05. The predicted octanol–water partition coefficient (Wildman–Crippen LogP) is 3.80. The highest BCUT2D eigenvalue weighted by molar-refractivity contribution is 5.97. The minimum Gasteiger partial charge on any atom is -0.360 e. The van der Waals surface area contributed by atoms with Crippen LogP contribution in [0.1, 0.15) is 5.56 Å². The summed E-state index contributed by atoms with van der Waals surface area (Å²) in [5, 5.41) is 11.9. The highest BCUT2D eigenvalue weighted by Gasteiger charge is 2.13. The number of aromatic amines is 1. The summed E-state index contributed by atoms with van der Waals surface area (Å²) in [5.41, 5.74) is 4.33. The molecule has 2 aromatic carbocycles. The van der Waals surface area contributed by atoms with E-state index in [0.717, 1.165) is 28.6 Å². The average molecular weight is 295 g/mol. The monoisotopic (exact) mass is 295 g/mol. The van der Waals surface area contributed by atoms with E-state index in [-0.39, 0.29) is 10.6 Å². The number of fused-ring (bicyclic) bond motifs is 1. The number of non-ortho nitro benzene ring substituents is 1. The Labute approximate surface area is 128 Å². The van der Waals surface area contributed by atoms with E-state index < -0.39 is 0 Å². The molecule has 0 atom stereocenters. The topological polar surface area (TPSA) is 62.2 Å². The van der Waals surface area contributed by atoms with Crippen LogP contribution in [0.15, 0.2) is 48.7 Å². The van der Waals surface area contributed by atoms with Crippen LogP contribution in [0.5, 0.6) is 0 Å². The Balaban J connectivity index is 2.13. The molecule has 0 bridgehead atoms. The van der Waals surface area contributed by atoms with Gasteiger partial charge in [0.15, 0.2) is 0 Å². The Bertz CT molecular complexity index is 837. The van der Waals surface area contributed by atoms with Gasteiger partial charge in [-0.05, 0) is 31.3 Å².